The number of nitrogens with one attached hydrogen (secondary N) is 1. The summed E-state index contributed by atoms with van der Waals surface area (Å²) in [6.07, 6.45) is 1.38. The van der Waals surface area contributed by atoms with E-state index in [0.29, 0.717) is 30.3 Å². The summed E-state index contributed by atoms with van der Waals surface area (Å²) in [6.45, 7) is 6.61. The van der Waals surface area contributed by atoms with E-state index < -0.39 is 0 Å². The number of hydrogen-bond acceptors (Lipinski definition) is 6. The number of carbonyl (C=O) groups excluding carboxylic acids is 2. The van der Waals surface area contributed by atoms with Crippen molar-refractivity contribution in [2.24, 2.45) is 0 Å². The van der Waals surface area contributed by atoms with Crippen LogP contribution in [0.4, 0.5) is 0 Å². The van der Waals surface area contributed by atoms with Crippen LogP contribution in [-0.4, -0.2) is 45.4 Å². The van der Waals surface area contributed by atoms with Gasteiger partial charge in [-0.25, -0.2) is 0 Å². The molecule has 0 spiro atoms. The highest BCUT2D eigenvalue weighted by Crippen LogP contribution is 2.25. The first-order valence-corrected chi connectivity index (χ1v) is 11.6. The number of rotatable bonds is 11. The van der Waals surface area contributed by atoms with E-state index in [9.17, 15) is 9.59 Å². The van der Waals surface area contributed by atoms with Crippen molar-refractivity contribution in [3.63, 3.8) is 0 Å². The van der Waals surface area contributed by atoms with Gasteiger partial charge in [0.25, 0.3) is 0 Å². The van der Waals surface area contributed by atoms with Crippen molar-refractivity contribution in [3.05, 3.63) is 65.5 Å². The highest BCUT2D eigenvalue weighted by molar-refractivity contribution is 7.99. The molecule has 1 aromatic heterocycles. The van der Waals surface area contributed by atoms with Crippen molar-refractivity contribution < 1.29 is 14.3 Å². The van der Waals surface area contributed by atoms with E-state index in [2.05, 4.69) is 15.5 Å². The first-order valence-electron chi connectivity index (χ1n) is 10.6. The monoisotopic (exact) mass is 452 g/mol. The molecule has 0 saturated heterocycles. The van der Waals surface area contributed by atoms with E-state index in [0.717, 1.165) is 29.2 Å². The van der Waals surface area contributed by atoms with Crippen molar-refractivity contribution >= 4 is 23.5 Å². The molecule has 0 fully saturated rings. The molecule has 2 aromatic carbocycles. The summed E-state index contributed by atoms with van der Waals surface area (Å²) in [5, 5.41) is 12.2. The zero-order chi connectivity index (χ0) is 22.9. The predicted molar refractivity (Wildman–Crippen MR) is 126 cm³/mol. The highest BCUT2D eigenvalue weighted by Gasteiger charge is 2.16. The van der Waals surface area contributed by atoms with Crippen molar-refractivity contribution in [1.29, 1.82) is 0 Å². The minimum Gasteiger partial charge on any atom is -0.494 e. The number of ketones is 1. The Bertz CT molecular complexity index is 1050. The SMILES string of the molecule is CCOc1ccc(-n2c(CCCNC(C)=O)nnc2SCC(=O)c2ccc(C)cc2)cc1. The molecule has 168 valence electrons. The lowest BCUT2D eigenvalue weighted by atomic mass is 10.1. The van der Waals surface area contributed by atoms with E-state index in [1.807, 2.05) is 66.9 Å². The van der Waals surface area contributed by atoms with Gasteiger partial charge in [0.2, 0.25) is 5.91 Å². The van der Waals surface area contributed by atoms with Gasteiger partial charge in [-0.2, -0.15) is 0 Å². The summed E-state index contributed by atoms with van der Waals surface area (Å²) >= 11 is 1.37. The second kappa shape index (κ2) is 11.5. The fourth-order valence-corrected chi connectivity index (χ4v) is 4.00. The Morgan fingerprint density at radius 1 is 1.06 bits per heavy atom. The average Bonchev–Trinajstić information content (AvgIpc) is 3.19. The van der Waals surface area contributed by atoms with Crippen LogP contribution in [-0.2, 0) is 11.2 Å². The largest absolute Gasteiger partial charge is 0.494 e. The van der Waals surface area contributed by atoms with Crippen LogP contribution in [0.25, 0.3) is 5.69 Å². The van der Waals surface area contributed by atoms with Gasteiger partial charge in [0, 0.05) is 31.1 Å². The van der Waals surface area contributed by atoms with Crippen LogP contribution in [0.1, 0.15) is 42.0 Å². The molecule has 1 amide bonds. The number of hydrogen-bond donors (Lipinski definition) is 1. The molecule has 0 aliphatic heterocycles. The van der Waals surface area contributed by atoms with Gasteiger partial charge in [-0.3, -0.25) is 14.2 Å². The first-order chi connectivity index (χ1) is 15.5. The topological polar surface area (TPSA) is 86.1 Å². The summed E-state index contributed by atoms with van der Waals surface area (Å²) in [6, 6.07) is 15.3. The predicted octanol–water partition coefficient (Wildman–Crippen LogP) is 4.02. The number of aryl methyl sites for hydroxylation is 2. The van der Waals surface area contributed by atoms with Crippen LogP contribution in [0.2, 0.25) is 0 Å². The molecular weight excluding hydrogens is 424 g/mol. The number of carbonyl (C=O) groups is 2. The fourth-order valence-electron chi connectivity index (χ4n) is 3.14. The minimum atomic E-state index is -0.0520. The third-order valence-corrected chi connectivity index (χ3v) is 5.69. The van der Waals surface area contributed by atoms with E-state index >= 15 is 0 Å². The molecule has 3 aromatic rings. The van der Waals surface area contributed by atoms with Crippen LogP contribution in [0.3, 0.4) is 0 Å². The van der Waals surface area contributed by atoms with Crippen LogP contribution >= 0.6 is 11.8 Å². The fraction of sp³-hybridized carbons (Fsp3) is 0.333. The maximum atomic E-state index is 12.6. The molecule has 0 aliphatic carbocycles. The minimum absolute atomic E-state index is 0.0449. The van der Waals surface area contributed by atoms with Gasteiger partial charge in [-0.05, 0) is 44.5 Å². The third kappa shape index (κ3) is 6.43. The van der Waals surface area contributed by atoms with Crippen molar-refractivity contribution in [1.82, 2.24) is 20.1 Å². The molecule has 0 unspecified atom stereocenters. The summed E-state index contributed by atoms with van der Waals surface area (Å²) in [7, 11) is 0. The standard InChI is InChI=1S/C24H28N4O3S/c1-4-31-21-13-11-20(12-14-21)28-23(6-5-15-25-18(3)29)26-27-24(28)32-16-22(30)19-9-7-17(2)8-10-19/h7-14H,4-6,15-16H2,1-3H3,(H,25,29). The Kier molecular flexibility index (Phi) is 8.44. The number of Topliss-reactive ketones (excluding diaryl/α,β-unsaturated/α-hetero) is 1. The van der Waals surface area contributed by atoms with Crippen molar-refractivity contribution in [2.45, 2.75) is 38.8 Å². The van der Waals surface area contributed by atoms with Crippen LogP contribution in [0.5, 0.6) is 5.75 Å². The van der Waals surface area contributed by atoms with E-state index in [1.54, 1.807) is 0 Å². The lowest BCUT2D eigenvalue weighted by Gasteiger charge is -2.11. The van der Waals surface area contributed by atoms with Gasteiger partial charge < -0.3 is 10.1 Å². The number of benzene rings is 2. The second-order valence-corrected chi connectivity index (χ2v) is 8.27. The molecular formula is C24H28N4O3S. The Labute approximate surface area is 192 Å². The number of ether oxygens (including phenoxy) is 1. The molecule has 7 nitrogen and oxygen atoms in total. The van der Waals surface area contributed by atoms with Crippen LogP contribution in [0.15, 0.2) is 53.7 Å². The molecule has 1 heterocycles. The smallest absolute Gasteiger partial charge is 0.216 e. The Morgan fingerprint density at radius 3 is 2.44 bits per heavy atom. The molecule has 0 saturated carbocycles. The quantitative estimate of drug-likeness (QED) is 0.269. The Balaban J connectivity index is 1.78. The highest BCUT2D eigenvalue weighted by atomic mass is 32.2. The number of nitrogens with zero attached hydrogens (tertiary/aromatic N) is 3. The molecule has 8 heteroatoms. The second-order valence-electron chi connectivity index (χ2n) is 7.33. The maximum Gasteiger partial charge on any atom is 0.216 e. The number of amides is 1. The van der Waals surface area contributed by atoms with Crippen molar-refractivity contribution in [2.75, 3.05) is 18.9 Å². The molecule has 3 rings (SSSR count). The van der Waals surface area contributed by atoms with Gasteiger partial charge in [0.1, 0.15) is 11.6 Å². The molecule has 0 bridgehead atoms. The molecule has 32 heavy (non-hydrogen) atoms. The average molecular weight is 453 g/mol. The molecule has 0 radical (unpaired) electrons. The zero-order valence-corrected chi connectivity index (χ0v) is 19.4. The summed E-state index contributed by atoms with van der Waals surface area (Å²) in [5.74, 6) is 1.83. The van der Waals surface area contributed by atoms with Crippen molar-refractivity contribution in [3.8, 4) is 11.4 Å². The van der Waals surface area contributed by atoms with Gasteiger partial charge >= 0.3 is 0 Å². The Morgan fingerprint density at radius 2 is 1.78 bits per heavy atom. The van der Waals surface area contributed by atoms with Crippen LogP contribution in [0, 0.1) is 6.92 Å². The third-order valence-electron chi connectivity index (χ3n) is 4.76. The van der Waals surface area contributed by atoms with E-state index in [-0.39, 0.29) is 17.4 Å². The maximum absolute atomic E-state index is 12.6. The van der Waals surface area contributed by atoms with Crippen LogP contribution < -0.4 is 10.1 Å². The summed E-state index contributed by atoms with van der Waals surface area (Å²) in [4.78, 5) is 23.8. The summed E-state index contributed by atoms with van der Waals surface area (Å²) < 4.78 is 7.52. The molecule has 0 aliphatic rings. The van der Waals surface area contributed by atoms with Gasteiger partial charge in [0.15, 0.2) is 10.9 Å². The zero-order valence-electron chi connectivity index (χ0n) is 18.6. The Hall–Kier alpha value is -3.13. The lowest BCUT2D eigenvalue weighted by Crippen LogP contribution is -2.21. The molecule has 0 atom stereocenters. The van der Waals surface area contributed by atoms with E-state index in [1.165, 1.54) is 18.7 Å². The number of aromatic nitrogens is 3. The summed E-state index contributed by atoms with van der Waals surface area (Å²) in [5.41, 5.74) is 2.71. The number of thioether (sulfide) groups is 1. The van der Waals surface area contributed by atoms with Gasteiger partial charge in [-0.1, -0.05) is 41.6 Å². The normalized spacial score (nSPS) is 10.7. The van der Waals surface area contributed by atoms with Gasteiger partial charge in [0.05, 0.1) is 12.4 Å². The lowest BCUT2D eigenvalue weighted by molar-refractivity contribution is -0.118. The first kappa shape index (κ1) is 23.5. The van der Waals surface area contributed by atoms with Gasteiger partial charge in [-0.15, -0.1) is 10.2 Å². The molecule has 1 N–H and O–H groups in total. The van der Waals surface area contributed by atoms with E-state index in [4.69, 9.17) is 4.74 Å².